The minimum Gasteiger partial charge on any atom is -0.440 e. The maximum absolute atomic E-state index is 13.1. The third-order valence-corrected chi connectivity index (χ3v) is 5.24. The van der Waals surface area contributed by atoms with Gasteiger partial charge in [-0.1, -0.05) is 54.6 Å². The van der Waals surface area contributed by atoms with E-state index in [4.69, 9.17) is 4.42 Å². The van der Waals surface area contributed by atoms with Gasteiger partial charge in [0.05, 0.1) is 10.6 Å². The average molecular weight is 374 g/mol. The van der Waals surface area contributed by atoms with Gasteiger partial charge in [0.2, 0.25) is 5.89 Å². The monoisotopic (exact) mass is 374 g/mol. The zero-order chi connectivity index (χ0) is 18.8. The fourth-order valence-electron chi connectivity index (χ4n) is 3.00. The van der Waals surface area contributed by atoms with Gasteiger partial charge < -0.3 is 9.32 Å². The standard InChI is InChI=1S/C22H18N2O2S/c1-15-20(23-21(26-15)19-13-8-14-27-19)22(25)24(2)18-12-7-6-11-17(18)16-9-4-3-5-10-16/h3-14H,1-2H3. The van der Waals surface area contributed by atoms with Crippen molar-refractivity contribution >= 4 is 22.9 Å². The normalized spacial score (nSPS) is 10.7. The third-order valence-electron chi connectivity index (χ3n) is 4.39. The Kier molecular flexibility index (Phi) is 4.60. The molecule has 0 aliphatic heterocycles. The highest BCUT2D eigenvalue weighted by Gasteiger charge is 2.24. The molecule has 0 saturated carbocycles. The SMILES string of the molecule is Cc1oc(-c2cccs2)nc1C(=O)N(C)c1ccccc1-c1ccccc1. The number of aryl methyl sites for hydroxylation is 1. The largest absolute Gasteiger partial charge is 0.440 e. The number of thiophene rings is 1. The zero-order valence-corrected chi connectivity index (χ0v) is 15.9. The van der Waals surface area contributed by atoms with Crippen LogP contribution in [0.5, 0.6) is 0 Å². The fourth-order valence-corrected chi connectivity index (χ4v) is 3.65. The number of oxazole rings is 1. The van der Waals surface area contributed by atoms with Crippen molar-refractivity contribution in [2.24, 2.45) is 0 Å². The molecular weight excluding hydrogens is 356 g/mol. The van der Waals surface area contributed by atoms with Gasteiger partial charge in [0.1, 0.15) is 5.76 Å². The van der Waals surface area contributed by atoms with E-state index in [0.717, 1.165) is 21.7 Å². The number of rotatable bonds is 4. The summed E-state index contributed by atoms with van der Waals surface area (Å²) in [4.78, 5) is 20.1. The number of carbonyl (C=O) groups excluding carboxylic acids is 1. The third kappa shape index (κ3) is 3.29. The molecule has 134 valence electrons. The van der Waals surface area contributed by atoms with Crippen molar-refractivity contribution in [2.45, 2.75) is 6.92 Å². The summed E-state index contributed by atoms with van der Waals surface area (Å²) >= 11 is 1.53. The van der Waals surface area contributed by atoms with Gasteiger partial charge in [0, 0.05) is 12.6 Å². The van der Waals surface area contributed by atoms with Crippen molar-refractivity contribution < 1.29 is 9.21 Å². The molecule has 4 nitrogen and oxygen atoms in total. The first-order valence-corrected chi connectivity index (χ1v) is 9.47. The molecule has 2 aromatic heterocycles. The smallest absolute Gasteiger partial charge is 0.280 e. The van der Waals surface area contributed by atoms with E-state index in [-0.39, 0.29) is 5.91 Å². The molecule has 2 heterocycles. The van der Waals surface area contributed by atoms with E-state index < -0.39 is 0 Å². The maximum Gasteiger partial charge on any atom is 0.280 e. The lowest BCUT2D eigenvalue weighted by molar-refractivity contribution is 0.0987. The van der Waals surface area contributed by atoms with Crippen molar-refractivity contribution in [1.29, 1.82) is 0 Å². The second-order valence-electron chi connectivity index (χ2n) is 6.15. The van der Waals surface area contributed by atoms with Crippen molar-refractivity contribution in [3.63, 3.8) is 0 Å². The van der Waals surface area contributed by atoms with Crippen LogP contribution in [0.15, 0.2) is 76.5 Å². The molecule has 27 heavy (non-hydrogen) atoms. The number of hydrogen-bond donors (Lipinski definition) is 0. The van der Waals surface area contributed by atoms with Crippen molar-refractivity contribution in [3.05, 3.63) is 83.6 Å². The average Bonchev–Trinajstić information content (AvgIpc) is 3.37. The van der Waals surface area contributed by atoms with Crippen LogP contribution >= 0.6 is 11.3 Å². The summed E-state index contributed by atoms with van der Waals surface area (Å²) in [6, 6.07) is 21.7. The van der Waals surface area contributed by atoms with Crippen LogP contribution in [0.4, 0.5) is 5.69 Å². The Morgan fingerprint density at radius 3 is 2.48 bits per heavy atom. The molecule has 0 aliphatic carbocycles. The number of aromatic nitrogens is 1. The first-order valence-electron chi connectivity index (χ1n) is 8.59. The van der Waals surface area contributed by atoms with Gasteiger partial charge in [-0.15, -0.1) is 11.3 Å². The predicted molar refractivity (Wildman–Crippen MR) is 109 cm³/mol. The molecule has 0 saturated heterocycles. The summed E-state index contributed by atoms with van der Waals surface area (Å²) < 4.78 is 5.73. The summed E-state index contributed by atoms with van der Waals surface area (Å²) in [7, 11) is 1.77. The van der Waals surface area contributed by atoms with Crippen LogP contribution in [-0.4, -0.2) is 17.9 Å². The Morgan fingerprint density at radius 1 is 1.00 bits per heavy atom. The van der Waals surface area contributed by atoms with Gasteiger partial charge in [-0.05, 0) is 30.0 Å². The molecule has 1 amide bonds. The first-order chi connectivity index (χ1) is 13.1. The lowest BCUT2D eigenvalue weighted by Gasteiger charge is -2.20. The molecule has 0 bridgehead atoms. The summed E-state index contributed by atoms with van der Waals surface area (Å²) in [5, 5.41) is 1.96. The number of carbonyl (C=O) groups is 1. The second-order valence-corrected chi connectivity index (χ2v) is 7.10. The first kappa shape index (κ1) is 17.2. The van der Waals surface area contributed by atoms with Gasteiger partial charge in [-0.2, -0.15) is 0 Å². The molecule has 0 radical (unpaired) electrons. The molecule has 5 heteroatoms. The molecule has 0 atom stereocenters. The van der Waals surface area contributed by atoms with Crippen molar-refractivity contribution in [1.82, 2.24) is 4.98 Å². The Hall–Kier alpha value is -3.18. The predicted octanol–water partition coefficient (Wildman–Crippen LogP) is 5.66. The van der Waals surface area contributed by atoms with Crippen molar-refractivity contribution in [3.8, 4) is 21.9 Å². The summed E-state index contributed by atoms with van der Waals surface area (Å²) in [5.41, 5.74) is 3.22. The Balaban J connectivity index is 1.70. The maximum atomic E-state index is 13.1. The minimum absolute atomic E-state index is 0.192. The second kappa shape index (κ2) is 7.21. The van der Waals surface area contributed by atoms with Crippen LogP contribution in [0.3, 0.4) is 0 Å². The quantitative estimate of drug-likeness (QED) is 0.463. The molecule has 0 aliphatic rings. The zero-order valence-electron chi connectivity index (χ0n) is 15.0. The fraction of sp³-hybridized carbons (Fsp3) is 0.0909. The van der Waals surface area contributed by atoms with Gasteiger partial charge in [-0.3, -0.25) is 4.79 Å². The minimum atomic E-state index is -0.192. The number of para-hydroxylation sites is 1. The molecular formula is C22H18N2O2S. The van der Waals surface area contributed by atoms with Crippen molar-refractivity contribution in [2.75, 3.05) is 11.9 Å². The molecule has 4 rings (SSSR count). The van der Waals surface area contributed by atoms with E-state index in [1.165, 1.54) is 11.3 Å². The topological polar surface area (TPSA) is 46.3 Å². The molecule has 0 unspecified atom stereocenters. The van der Waals surface area contributed by atoms with E-state index in [1.54, 1.807) is 18.9 Å². The summed E-state index contributed by atoms with van der Waals surface area (Å²) in [6.07, 6.45) is 0. The highest BCUT2D eigenvalue weighted by atomic mass is 32.1. The van der Waals surface area contributed by atoms with E-state index in [9.17, 15) is 4.79 Å². The van der Waals surface area contributed by atoms with E-state index in [1.807, 2.05) is 72.1 Å². The number of anilines is 1. The Bertz CT molecular complexity index is 1070. The molecule has 0 N–H and O–H groups in total. The number of nitrogens with zero attached hydrogens (tertiary/aromatic N) is 2. The van der Waals surface area contributed by atoms with Crippen LogP contribution < -0.4 is 4.90 Å². The summed E-state index contributed by atoms with van der Waals surface area (Å²) in [5.74, 6) is 0.811. The van der Waals surface area contributed by atoms with Gasteiger partial charge in [0.15, 0.2) is 5.69 Å². The molecule has 4 aromatic rings. The van der Waals surface area contributed by atoms with E-state index in [0.29, 0.717) is 17.3 Å². The Labute approximate surface area is 161 Å². The van der Waals surface area contributed by atoms with Gasteiger partial charge >= 0.3 is 0 Å². The van der Waals surface area contributed by atoms with E-state index in [2.05, 4.69) is 4.98 Å². The van der Waals surface area contributed by atoms with Crippen LogP contribution in [0.25, 0.3) is 21.9 Å². The number of hydrogen-bond acceptors (Lipinski definition) is 4. The van der Waals surface area contributed by atoms with Crippen LogP contribution in [-0.2, 0) is 0 Å². The lowest BCUT2D eigenvalue weighted by Crippen LogP contribution is -2.27. The van der Waals surface area contributed by atoms with Gasteiger partial charge in [0.25, 0.3) is 5.91 Å². The summed E-state index contributed by atoms with van der Waals surface area (Å²) in [6.45, 7) is 1.77. The van der Waals surface area contributed by atoms with Gasteiger partial charge in [-0.25, -0.2) is 4.98 Å². The van der Waals surface area contributed by atoms with Crippen LogP contribution in [0.2, 0.25) is 0 Å². The number of amides is 1. The Morgan fingerprint density at radius 2 is 1.74 bits per heavy atom. The molecule has 2 aromatic carbocycles. The van der Waals surface area contributed by atoms with E-state index >= 15 is 0 Å². The lowest BCUT2D eigenvalue weighted by atomic mass is 10.0. The number of benzene rings is 2. The highest BCUT2D eigenvalue weighted by Crippen LogP contribution is 2.32. The van der Waals surface area contributed by atoms with Crippen LogP contribution in [0, 0.1) is 6.92 Å². The molecule has 0 spiro atoms. The van der Waals surface area contributed by atoms with Crippen LogP contribution in [0.1, 0.15) is 16.2 Å². The highest BCUT2D eigenvalue weighted by molar-refractivity contribution is 7.13. The molecule has 0 fully saturated rings.